The van der Waals surface area contributed by atoms with Crippen molar-refractivity contribution in [3.8, 4) is 0 Å². The zero-order valence-corrected chi connectivity index (χ0v) is 16.8. The van der Waals surface area contributed by atoms with E-state index in [9.17, 15) is 9.59 Å². The molecule has 4 heterocycles. The summed E-state index contributed by atoms with van der Waals surface area (Å²) in [5.41, 5.74) is 0.840. The molecular weight excluding hydrogens is 378 g/mol. The monoisotopic (exact) mass is 403 g/mol. The minimum Gasteiger partial charge on any atom is -0.376 e. The van der Waals surface area contributed by atoms with Gasteiger partial charge in [-0.3, -0.25) is 18.6 Å². The fourth-order valence-electron chi connectivity index (χ4n) is 3.70. The molecule has 0 aromatic carbocycles. The van der Waals surface area contributed by atoms with Crippen molar-refractivity contribution < 1.29 is 9.53 Å². The smallest absolute Gasteiger partial charge is 0.272 e. The Hall–Kier alpha value is -2.26. The number of fused-ring (bicyclic) bond motifs is 3. The first kappa shape index (κ1) is 19.1. The highest BCUT2D eigenvalue weighted by atomic mass is 32.1. The minimum atomic E-state index is -0.00758. The molecule has 4 rings (SSSR count). The van der Waals surface area contributed by atoms with Crippen molar-refractivity contribution in [2.45, 2.75) is 58.1 Å². The molecule has 150 valence electrons. The molecule has 1 amide bonds. The van der Waals surface area contributed by atoms with Crippen LogP contribution in [0.2, 0.25) is 0 Å². The Labute approximate surface area is 166 Å². The van der Waals surface area contributed by atoms with Crippen LogP contribution in [0, 0.1) is 0 Å². The standard InChI is InChI=1S/C19H25N5O3S/c1-2-9-23-18(26)17-14(8-11-28-17)24-15(21-22-19(23)24)6-3-7-16(25)20-12-13-5-4-10-27-13/h8,11,13H,2-7,9-10,12H2,1H3,(H,20,25)/t13-/m0/s1. The van der Waals surface area contributed by atoms with Gasteiger partial charge in [0.25, 0.3) is 5.56 Å². The lowest BCUT2D eigenvalue weighted by molar-refractivity contribution is -0.121. The van der Waals surface area contributed by atoms with Gasteiger partial charge in [0, 0.05) is 32.5 Å². The number of rotatable bonds is 8. The Balaban J connectivity index is 1.47. The fourth-order valence-corrected chi connectivity index (χ4v) is 4.52. The highest BCUT2D eigenvalue weighted by Gasteiger charge is 2.18. The SMILES string of the molecule is CCCn1c(=O)c2sccc2n2c(CCCC(=O)NC[C@@H]3CCCO3)nnc12. The first-order chi connectivity index (χ1) is 13.7. The molecule has 0 radical (unpaired) electrons. The van der Waals surface area contributed by atoms with E-state index < -0.39 is 0 Å². The first-order valence-electron chi connectivity index (χ1n) is 9.91. The number of carbonyl (C=O) groups excluding carboxylic acids is 1. The van der Waals surface area contributed by atoms with Crippen molar-refractivity contribution in [2.24, 2.45) is 0 Å². The van der Waals surface area contributed by atoms with Gasteiger partial charge in [-0.15, -0.1) is 21.5 Å². The van der Waals surface area contributed by atoms with Crippen LogP contribution in [0.1, 0.15) is 44.9 Å². The van der Waals surface area contributed by atoms with Crippen LogP contribution >= 0.6 is 11.3 Å². The molecule has 0 unspecified atom stereocenters. The van der Waals surface area contributed by atoms with Gasteiger partial charge in [0.1, 0.15) is 10.5 Å². The number of hydrogen-bond acceptors (Lipinski definition) is 6. The summed E-state index contributed by atoms with van der Waals surface area (Å²) >= 11 is 1.44. The van der Waals surface area contributed by atoms with Crippen LogP contribution in [0.3, 0.4) is 0 Å². The Kier molecular flexibility index (Phi) is 5.72. The van der Waals surface area contributed by atoms with Gasteiger partial charge >= 0.3 is 0 Å². The maximum Gasteiger partial charge on any atom is 0.272 e. The van der Waals surface area contributed by atoms with Gasteiger partial charge in [-0.1, -0.05) is 6.92 Å². The van der Waals surface area contributed by atoms with E-state index in [1.165, 1.54) is 11.3 Å². The molecule has 1 aliphatic rings. The lowest BCUT2D eigenvalue weighted by atomic mass is 10.2. The highest BCUT2D eigenvalue weighted by Crippen LogP contribution is 2.20. The largest absolute Gasteiger partial charge is 0.376 e. The molecule has 1 aliphatic heterocycles. The summed E-state index contributed by atoms with van der Waals surface area (Å²) in [6.45, 7) is 4.03. The summed E-state index contributed by atoms with van der Waals surface area (Å²) in [5.74, 6) is 1.40. The van der Waals surface area contributed by atoms with Crippen molar-refractivity contribution in [1.29, 1.82) is 0 Å². The second-order valence-corrected chi connectivity index (χ2v) is 8.05. The van der Waals surface area contributed by atoms with Gasteiger partial charge in [-0.2, -0.15) is 0 Å². The molecule has 3 aromatic heterocycles. The van der Waals surface area contributed by atoms with E-state index in [4.69, 9.17) is 4.74 Å². The number of carbonyl (C=O) groups is 1. The van der Waals surface area contributed by atoms with Crippen molar-refractivity contribution in [3.63, 3.8) is 0 Å². The molecule has 8 nitrogen and oxygen atoms in total. The lowest BCUT2D eigenvalue weighted by Crippen LogP contribution is -2.31. The maximum absolute atomic E-state index is 12.7. The number of thiophene rings is 1. The first-order valence-corrected chi connectivity index (χ1v) is 10.8. The summed E-state index contributed by atoms with van der Waals surface area (Å²) < 4.78 is 9.91. The second-order valence-electron chi connectivity index (χ2n) is 7.14. The van der Waals surface area contributed by atoms with E-state index in [1.807, 2.05) is 22.8 Å². The van der Waals surface area contributed by atoms with Gasteiger partial charge < -0.3 is 10.1 Å². The fraction of sp³-hybridized carbons (Fsp3) is 0.579. The summed E-state index contributed by atoms with van der Waals surface area (Å²) in [6.07, 6.45) is 4.83. The van der Waals surface area contributed by atoms with Crippen molar-refractivity contribution in [1.82, 2.24) is 24.5 Å². The van der Waals surface area contributed by atoms with Crippen LogP contribution in [0.25, 0.3) is 16.0 Å². The molecule has 0 spiro atoms. The predicted molar refractivity (Wildman–Crippen MR) is 108 cm³/mol. The Morgan fingerprint density at radius 3 is 3.11 bits per heavy atom. The van der Waals surface area contributed by atoms with Gasteiger partial charge in [-0.05, 0) is 37.1 Å². The molecular formula is C19H25N5O3S. The number of amides is 1. The normalized spacial score (nSPS) is 17.0. The van der Waals surface area contributed by atoms with E-state index in [2.05, 4.69) is 15.5 Å². The van der Waals surface area contributed by atoms with Gasteiger partial charge in [0.15, 0.2) is 0 Å². The van der Waals surface area contributed by atoms with Crippen LogP contribution in [0.15, 0.2) is 16.2 Å². The van der Waals surface area contributed by atoms with Gasteiger partial charge in [0.05, 0.1) is 11.6 Å². The van der Waals surface area contributed by atoms with E-state index in [0.29, 0.717) is 38.1 Å². The average Bonchev–Trinajstić information content (AvgIpc) is 3.43. The van der Waals surface area contributed by atoms with Crippen LogP contribution in [0.4, 0.5) is 0 Å². The summed E-state index contributed by atoms with van der Waals surface area (Å²) in [7, 11) is 0. The van der Waals surface area contributed by atoms with E-state index in [1.54, 1.807) is 4.57 Å². The summed E-state index contributed by atoms with van der Waals surface area (Å²) in [6, 6.07) is 1.94. The summed E-state index contributed by atoms with van der Waals surface area (Å²) in [4.78, 5) is 24.8. The van der Waals surface area contributed by atoms with Crippen molar-refractivity contribution in [3.05, 3.63) is 27.6 Å². The van der Waals surface area contributed by atoms with Crippen LogP contribution in [-0.2, 0) is 22.5 Å². The van der Waals surface area contributed by atoms with Crippen LogP contribution in [0.5, 0.6) is 0 Å². The number of hydrogen-bond donors (Lipinski definition) is 1. The maximum atomic E-state index is 12.7. The Morgan fingerprint density at radius 1 is 1.43 bits per heavy atom. The molecule has 1 N–H and O–H groups in total. The molecule has 28 heavy (non-hydrogen) atoms. The number of nitrogens with one attached hydrogen (secondary N) is 1. The quantitative estimate of drug-likeness (QED) is 0.622. The van der Waals surface area contributed by atoms with Crippen molar-refractivity contribution >= 4 is 33.2 Å². The van der Waals surface area contributed by atoms with Crippen molar-refractivity contribution in [2.75, 3.05) is 13.2 Å². The molecule has 0 bridgehead atoms. The van der Waals surface area contributed by atoms with Gasteiger partial charge in [0.2, 0.25) is 11.7 Å². The van der Waals surface area contributed by atoms with E-state index in [-0.39, 0.29) is 17.6 Å². The van der Waals surface area contributed by atoms with Crippen LogP contribution in [-0.4, -0.2) is 44.3 Å². The Bertz CT molecular complexity index is 1030. The van der Waals surface area contributed by atoms with E-state index >= 15 is 0 Å². The highest BCUT2D eigenvalue weighted by molar-refractivity contribution is 7.17. The zero-order valence-electron chi connectivity index (χ0n) is 16.0. The zero-order chi connectivity index (χ0) is 19.5. The number of nitrogens with zero attached hydrogens (tertiary/aromatic N) is 4. The molecule has 0 aliphatic carbocycles. The second kappa shape index (κ2) is 8.40. The van der Waals surface area contributed by atoms with E-state index in [0.717, 1.165) is 41.9 Å². The number of ether oxygens (including phenoxy) is 1. The molecule has 9 heteroatoms. The number of aromatic nitrogens is 4. The predicted octanol–water partition coefficient (Wildman–Crippen LogP) is 2.13. The Morgan fingerprint density at radius 2 is 2.32 bits per heavy atom. The number of aryl methyl sites for hydroxylation is 2. The molecule has 1 fully saturated rings. The van der Waals surface area contributed by atoms with Crippen LogP contribution < -0.4 is 10.9 Å². The minimum absolute atomic E-state index is 0.00758. The third kappa shape index (κ3) is 3.68. The molecule has 0 saturated carbocycles. The molecule has 1 atom stereocenters. The topological polar surface area (TPSA) is 90.5 Å². The molecule has 1 saturated heterocycles. The molecule has 3 aromatic rings. The summed E-state index contributed by atoms with van der Waals surface area (Å²) in [5, 5.41) is 13.5. The lowest BCUT2D eigenvalue weighted by Gasteiger charge is -2.10. The third-order valence-electron chi connectivity index (χ3n) is 5.08. The average molecular weight is 404 g/mol. The van der Waals surface area contributed by atoms with Gasteiger partial charge in [-0.25, -0.2) is 0 Å². The third-order valence-corrected chi connectivity index (χ3v) is 5.97.